The zero-order valence-corrected chi connectivity index (χ0v) is 12.3. The van der Waals surface area contributed by atoms with Crippen LogP contribution in [-0.2, 0) is 6.61 Å². The second kappa shape index (κ2) is 7.17. The van der Waals surface area contributed by atoms with Crippen molar-refractivity contribution in [2.24, 2.45) is 0 Å². The number of aromatic nitrogens is 2. The van der Waals surface area contributed by atoms with Crippen LogP contribution in [0.5, 0.6) is 11.5 Å². The normalized spacial score (nSPS) is 10.1. The number of benzene rings is 2. The van der Waals surface area contributed by atoms with Gasteiger partial charge >= 0.3 is 5.97 Å². The third kappa shape index (κ3) is 4.14. The first-order valence-corrected chi connectivity index (χ1v) is 7.06. The molecule has 0 amide bonds. The standard InChI is InChI=1S/C18H14N2O3/c21-18(17-12-19-10-11-20-17)23-16-8-6-15(7-9-16)22-13-14-4-2-1-3-5-14/h1-12H,13H2. The van der Waals surface area contributed by atoms with Gasteiger partial charge in [-0.15, -0.1) is 0 Å². The minimum atomic E-state index is -0.545. The van der Waals surface area contributed by atoms with Crippen molar-refractivity contribution in [2.45, 2.75) is 6.61 Å². The van der Waals surface area contributed by atoms with Crippen molar-refractivity contribution >= 4 is 5.97 Å². The predicted octanol–water partition coefficient (Wildman–Crippen LogP) is 3.27. The largest absolute Gasteiger partial charge is 0.489 e. The summed E-state index contributed by atoms with van der Waals surface area (Å²) in [4.78, 5) is 19.6. The van der Waals surface area contributed by atoms with Crippen molar-refractivity contribution in [3.8, 4) is 11.5 Å². The van der Waals surface area contributed by atoms with Crippen LogP contribution in [-0.4, -0.2) is 15.9 Å². The summed E-state index contributed by atoms with van der Waals surface area (Å²) >= 11 is 0. The topological polar surface area (TPSA) is 61.3 Å². The Morgan fingerprint density at radius 2 is 1.65 bits per heavy atom. The third-order valence-corrected chi connectivity index (χ3v) is 3.05. The minimum absolute atomic E-state index is 0.164. The van der Waals surface area contributed by atoms with Crippen LogP contribution in [0, 0.1) is 0 Å². The van der Waals surface area contributed by atoms with Crippen LogP contribution in [0.4, 0.5) is 0 Å². The van der Waals surface area contributed by atoms with E-state index in [1.54, 1.807) is 24.3 Å². The summed E-state index contributed by atoms with van der Waals surface area (Å²) in [5, 5.41) is 0. The van der Waals surface area contributed by atoms with E-state index in [1.165, 1.54) is 18.6 Å². The van der Waals surface area contributed by atoms with Gasteiger partial charge in [-0.2, -0.15) is 0 Å². The Hall–Kier alpha value is -3.21. The molecule has 3 rings (SSSR count). The molecule has 0 saturated heterocycles. The molecular formula is C18H14N2O3. The highest BCUT2D eigenvalue weighted by Gasteiger charge is 2.09. The molecule has 114 valence electrons. The van der Waals surface area contributed by atoms with Crippen molar-refractivity contribution in [1.29, 1.82) is 0 Å². The summed E-state index contributed by atoms with van der Waals surface area (Å²) in [6.07, 6.45) is 4.30. The lowest BCUT2D eigenvalue weighted by Gasteiger charge is -2.07. The number of hydrogen-bond donors (Lipinski definition) is 0. The summed E-state index contributed by atoms with van der Waals surface area (Å²) in [5.74, 6) is 0.580. The molecule has 23 heavy (non-hydrogen) atoms. The zero-order chi connectivity index (χ0) is 15.9. The minimum Gasteiger partial charge on any atom is -0.489 e. The number of carbonyl (C=O) groups excluding carboxylic acids is 1. The molecule has 0 N–H and O–H groups in total. The maximum Gasteiger partial charge on any atom is 0.363 e. The molecule has 5 nitrogen and oxygen atoms in total. The highest BCUT2D eigenvalue weighted by atomic mass is 16.5. The molecule has 0 unspecified atom stereocenters. The van der Waals surface area contributed by atoms with E-state index in [-0.39, 0.29) is 5.69 Å². The van der Waals surface area contributed by atoms with Gasteiger partial charge in [0.25, 0.3) is 0 Å². The first-order chi connectivity index (χ1) is 11.3. The second-order valence-corrected chi connectivity index (χ2v) is 4.73. The Morgan fingerprint density at radius 1 is 0.913 bits per heavy atom. The van der Waals surface area contributed by atoms with Gasteiger partial charge in [0.15, 0.2) is 5.69 Å². The fraction of sp³-hybridized carbons (Fsp3) is 0.0556. The molecule has 0 spiro atoms. The molecule has 0 atom stereocenters. The van der Waals surface area contributed by atoms with Crippen LogP contribution in [0.2, 0.25) is 0 Å². The maximum absolute atomic E-state index is 11.9. The summed E-state index contributed by atoms with van der Waals surface area (Å²) in [5.41, 5.74) is 1.25. The first kappa shape index (κ1) is 14.7. The fourth-order valence-corrected chi connectivity index (χ4v) is 1.91. The Labute approximate surface area is 133 Å². The maximum atomic E-state index is 11.9. The summed E-state index contributed by atoms with van der Waals surface area (Å²) < 4.78 is 10.9. The summed E-state index contributed by atoms with van der Waals surface area (Å²) in [6.45, 7) is 0.486. The number of esters is 1. The van der Waals surface area contributed by atoms with Crippen molar-refractivity contribution in [3.05, 3.63) is 84.4 Å². The number of rotatable bonds is 5. The van der Waals surface area contributed by atoms with Gasteiger partial charge in [-0.25, -0.2) is 9.78 Å². The Morgan fingerprint density at radius 3 is 2.35 bits per heavy atom. The van der Waals surface area contributed by atoms with Gasteiger partial charge in [-0.1, -0.05) is 30.3 Å². The molecule has 0 radical (unpaired) electrons. The fourth-order valence-electron chi connectivity index (χ4n) is 1.91. The molecule has 3 aromatic rings. The number of hydrogen-bond acceptors (Lipinski definition) is 5. The van der Waals surface area contributed by atoms with Gasteiger partial charge in [0.1, 0.15) is 18.1 Å². The lowest BCUT2D eigenvalue weighted by atomic mass is 10.2. The monoisotopic (exact) mass is 306 g/mol. The van der Waals surface area contributed by atoms with Crippen LogP contribution < -0.4 is 9.47 Å². The molecule has 2 aromatic carbocycles. The van der Waals surface area contributed by atoms with E-state index in [1.807, 2.05) is 30.3 Å². The van der Waals surface area contributed by atoms with Crippen LogP contribution in [0.1, 0.15) is 16.1 Å². The third-order valence-electron chi connectivity index (χ3n) is 3.05. The van der Waals surface area contributed by atoms with Gasteiger partial charge in [0, 0.05) is 12.4 Å². The second-order valence-electron chi connectivity index (χ2n) is 4.73. The average molecular weight is 306 g/mol. The van der Waals surface area contributed by atoms with Crippen molar-refractivity contribution < 1.29 is 14.3 Å². The van der Waals surface area contributed by atoms with Crippen LogP contribution >= 0.6 is 0 Å². The molecule has 1 heterocycles. The highest BCUT2D eigenvalue weighted by molar-refractivity contribution is 5.88. The molecule has 0 saturated carbocycles. The quantitative estimate of drug-likeness (QED) is 0.535. The molecule has 0 aliphatic heterocycles. The van der Waals surface area contributed by atoms with E-state index in [2.05, 4.69) is 9.97 Å². The Balaban J connectivity index is 1.58. The Kier molecular flexibility index (Phi) is 4.59. The SMILES string of the molecule is O=C(Oc1ccc(OCc2ccccc2)cc1)c1cnccn1. The van der Waals surface area contributed by atoms with Crippen molar-refractivity contribution in [2.75, 3.05) is 0 Å². The van der Waals surface area contributed by atoms with E-state index in [9.17, 15) is 4.79 Å². The van der Waals surface area contributed by atoms with Crippen molar-refractivity contribution in [3.63, 3.8) is 0 Å². The number of nitrogens with zero attached hydrogens (tertiary/aromatic N) is 2. The van der Waals surface area contributed by atoms with Gasteiger partial charge in [0.2, 0.25) is 0 Å². The van der Waals surface area contributed by atoms with E-state index in [0.29, 0.717) is 18.1 Å². The van der Waals surface area contributed by atoms with Gasteiger partial charge < -0.3 is 9.47 Å². The Bertz CT molecular complexity index is 759. The molecule has 0 aliphatic carbocycles. The molecule has 0 fully saturated rings. The molecule has 0 bridgehead atoms. The predicted molar refractivity (Wildman–Crippen MR) is 84.2 cm³/mol. The van der Waals surface area contributed by atoms with E-state index in [0.717, 1.165) is 5.56 Å². The van der Waals surface area contributed by atoms with Crippen LogP contribution in [0.3, 0.4) is 0 Å². The molecule has 1 aromatic heterocycles. The van der Waals surface area contributed by atoms with E-state index >= 15 is 0 Å². The van der Waals surface area contributed by atoms with Crippen LogP contribution in [0.15, 0.2) is 73.2 Å². The summed E-state index contributed by atoms with van der Waals surface area (Å²) in [7, 11) is 0. The zero-order valence-electron chi connectivity index (χ0n) is 12.3. The van der Waals surface area contributed by atoms with E-state index < -0.39 is 5.97 Å². The lowest BCUT2D eigenvalue weighted by molar-refractivity contribution is 0.0728. The smallest absolute Gasteiger partial charge is 0.363 e. The molecule has 0 aliphatic rings. The molecular weight excluding hydrogens is 292 g/mol. The van der Waals surface area contributed by atoms with Crippen LogP contribution in [0.25, 0.3) is 0 Å². The van der Waals surface area contributed by atoms with Crippen molar-refractivity contribution in [1.82, 2.24) is 9.97 Å². The van der Waals surface area contributed by atoms with Gasteiger partial charge in [-0.05, 0) is 29.8 Å². The van der Waals surface area contributed by atoms with Gasteiger partial charge in [0.05, 0.1) is 6.20 Å². The van der Waals surface area contributed by atoms with E-state index in [4.69, 9.17) is 9.47 Å². The lowest BCUT2D eigenvalue weighted by Crippen LogP contribution is -2.10. The number of ether oxygens (including phenoxy) is 2. The highest BCUT2D eigenvalue weighted by Crippen LogP contribution is 2.19. The molecule has 5 heteroatoms. The average Bonchev–Trinajstić information content (AvgIpc) is 2.63. The number of carbonyl (C=O) groups is 1. The first-order valence-electron chi connectivity index (χ1n) is 7.06. The summed E-state index contributed by atoms with van der Waals surface area (Å²) in [6, 6.07) is 16.7. The van der Waals surface area contributed by atoms with Gasteiger partial charge in [-0.3, -0.25) is 4.98 Å².